The molecule has 1 heteroatoms. The normalized spacial score (nSPS) is 58.3. The van der Waals surface area contributed by atoms with Gasteiger partial charge in [0.25, 0.3) is 0 Å². The third-order valence-corrected chi connectivity index (χ3v) is 13.4. The molecule has 4 fully saturated rings. The standard InChI is InChI=1S/C30H50O/c1-19-11-14-27(5)17-18-29(7)21(25(27)20(19)2)9-10-23-28(6)15-13-24(31)26(3,4)22(28)12-16-30(23,29)8/h9,19-20,22-25,31H,10-18H2,1-8H3/t19-,20+,22+,23+,24-,25+,27+,28-,29+,30-/m0/s1. The first-order chi connectivity index (χ1) is 14.3. The molecular weight excluding hydrogens is 376 g/mol. The van der Waals surface area contributed by atoms with Crippen LogP contribution in [-0.2, 0) is 0 Å². The second-order valence-electron chi connectivity index (χ2n) is 14.7. The Morgan fingerprint density at radius 2 is 1.52 bits per heavy atom. The van der Waals surface area contributed by atoms with Gasteiger partial charge < -0.3 is 5.11 Å². The highest BCUT2D eigenvalue weighted by molar-refractivity contribution is 5.33. The summed E-state index contributed by atoms with van der Waals surface area (Å²) in [6, 6.07) is 0. The number of aliphatic hydroxyl groups is 1. The zero-order valence-electron chi connectivity index (χ0n) is 21.9. The van der Waals surface area contributed by atoms with Crippen molar-refractivity contribution in [1.82, 2.24) is 0 Å². The summed E-state index contributed by atoms with van der Waals surface area (Å²) >= 11 is 0. The zero-order valence-corrected chi connectivity index (χ0v) is 21.9. The van der Waals surface area contributed by atoms with Crippen LogP contribution in [0.4, 0.5) is 0 Å². The van der Waals surface area contributed by atoms with Crippen molar-refractivity contribution in [3.8, 4) is 0 Å². The van der Waals surface area contributed by atoms with E-state index < -0.39 is 0 Å². The number of hydrogen-bond donors (Lipinski definition) is 1. The SMILES string of the molecule is C[C@@H]1[C@@H](C)CC[C@]2(C)CC[C@]3(C)C(=CC[C@@H]4[C@@]5(C)CC[C@H](O)C(C)(C)[C@H]5CC[C@@]43C)[C@@H]12. The third kappa shape index (κ3) is 2.65. The Hall–Kier alpha value is -0.300. The van der Waals surface area contributed by atoms with Crippen LogP contribution in [0.3, 0.4) is 0 Å². The van der Waals surface area contributed by atoms with Gasteiger partial charge in [-0.3, -0.25) is 0 Å². The lowest BCUT2D eigenvalue weighted by atomic mass is 9.33. The van der Waals surface area contributed by atoms with Crippen LogP contribution in [0.25, 0.3) is 0 Å². The van der Waals surface area contributed by atoms with Crippen LogP contribution < -0.4 is 0 Å². The van der Waals surface area contributed by atoms with Crippen LogP contribution in [0.5, 0.6) is 0 Å². The number of rotatable bonds is 0. The van der Waals surface area contributed by atoms with E-state index in [0.29, 0.717) is 27.6 Å². The second kappa shape index (κ2) is 6.64. The van der Waals surface area contributed by atoms with Gasteiger partial charge in [0, 0.05) is 0 Å². The topological polar surface area (TPSA) is 20.2 Å². The molecular formula is C30H50O. The van der Waals surface area contributed by atoms with Gasteiger partial charge in [-0.25, -0.2) is 0 Å². The summed E-state index contributed by atoms with van der Waals surface area (Å²) in [7, 11) is 0. The fourth-order valence-corrected chi connectivity index (χ4v) is 10.8. The lowest BCUT2D eigenvalue weighted by Gasteiger charge is -2.71. The summed E-state index contributed by atoms with van der Waals surface area (Å²) in [4.78, 5) is 0. The molecule has 5 aliphatic rings. The molecule has 4 saturated carbocycles. The molecule has 0 heterocycles. The first kappa shape index (κ1) is 22.5. The molecule has 176 valence electrons. The minimum atomic E-state index is -0.125. The number of hydrogen-bond acceptors (Lipinski definition) is 1. The summed E-state index contributed by atoms with van der Waals surface area (Å²) in [6.45, 7) is 20.5. The maximum Gasteiger partial charge on any atom is 0.0594 e. The predicted molar refractivity (Wildman–Crippen MR) is 131 cm³/mol. The summed E-state index contributed by atoms with van der Waals surface area (Å²) in [5.41, 5.74) is 3.60. The van der Waals surface area contributed by atoms with Gasteiger partial charge in [-0.1, -0.05) is 67.0 Å². The molecule has 31 heavy (non-hydrogen) atoms. The molecule has 10 atom stereocenters. The summed E-state index contributed by atoms with van der Waals surface area (Å²) in [5, 5.41) is 10.9. The van der Waals surface area contributed by atoms with Crippen molar-refractivity contribution >= 4 is 0 Å². The molecule has 0 aromatic heterocycles. The van der Waals surface area contributed by atoms with E-state index in [9.17, 15) is 5.11 Å². The monoisotopic (exact) mass is 426 g/mol. The fourth-order valence-electron chi connectivity index (χ4n) is 10.8. The van der Waals surface area contributed by atoms with Crippen molar-refractivity contribution in [1.29, 1.82) is 0 Å². The van der Waals surface area contributed by atoms with E-state index in [1.54, 1.807) is 0 Å². The Kier molecular flexibility index (Phi) is 4.82. The largest absolute Gasteiger partial charge is 0.393 e. The molecule has 5 rings (SSSR count). The fraction of sp³-hybridized carbons (Fsp3) is 0.933. The van der Waals surface area contributed by atoms with Crippen molar-refractivity contribution in [2.75, 3.05) is 0 Å². The highest BCUT2D eigenvalue weighted by atomic mass is 16.3. The summed E-state index contributed by atoms with van der Waals surface area (Å²) in [6.07, 6.45) is 14.5. The highest BCUT2D eigenvalue weighted by Crippen LogP contribution is 2.75. The van der Waals surface area contributed by atoms with Gasteiger partial charge in [-0.15, -0.1) is 0 Å². The Bertz CT molecular complexity index is 779. The second-order valence-corrected chi connectivity index (χ2v) is 14.7. The van der Waals surface area contributed by atoms with Crippen LogP contribution in [0.1, 0.15) is 113 Å². The minimum Gasteiger partial charge on any atom is -0.393 e. The van der Waals surface area contributed by atoms with Crippen molar-refractivity contribution < 1.29 is 5.11 Å². The maximum atomic E-state index is 10.9. The summed E-state index contributed by atoms with van der Waals surface area (Å²) < 4.78 is 0. The Balaban J connectivity index is 1.59. The van der Waals surface area contributed by atoms with Gasteiger partial charge >= 0.3 is 0 Å². The molecule has 0 saturated heterocycles. The highest BCUT2D eigenvalue weighted by Gasteiger charge is 2.67. The van der Waals surface area contributed by atoms with Crippen molar-refractivity contribution in [3.63, 3.8) is 0 Å². The van der Waals surface area contributed by atoms with E-state index in [1.807, 2.05) is 5.57 Å². The average molecular weight is 427 g/mol. The molecule has 0 aromatic carbocycles. The average Bonchev–Trinajstić information content (AvgIpc) is 2.69. The molecule has 0 aromatic rings. The van der Waals surface area contributed by atoms with Crippen LogP contribution in [-0.4, -0.2) is 11.2 Å². The Morgan fingerprint density at radius 1 is 0.806 bits per heavy atom. The lowest BCUT2D eigenvalue weighted by Crippen LogP contribution is -2.64. The molecule has 0 radical (unpaired) electrons. The van der Waals surface area contributed by atoms with Gasteiger partial charge in [0.05, 0.1) is 6.10 Å². The predicted octanol–water partition coefficient (Wildman–Crippen LogP) is 8.02. The van der Waals surface area contributed by atoms with Crippen molar-refractivity contribution in [3.05, 3.63) is 11.6 Å². The Morgan fingerprint density at radius 3 is 2.23 bits per heavy atom. The molecule has 1 N–H and O–H groups in total. The van der Waals surface area contributed by atoms with E-state index >= 15 is 0 Å². The zero-order chi connectivity index (χ0) is 22.6. The first-order valence-electron chi connectivity index (χ1n) is 13.7. The van der Waals surface area contributed by atoms with Gasteiger partial charge in [0.2, 0.25) is 0 Å². The van der Waals surface area contributed by atoms with Crippen LogP contribution in [0, 0.1) is 56.7 Å². The third-order valence-electron chi connectivity index (χ3n) is 13.4. The summed E-state index contributed by atoms with van der Waals surface area (Å²) in [5.74, 6) is 3.90. The van der Waals surface area contributed by atoms with Crippen molar-refractivity contribution in [2.24, 2.45) is 56.7 Å². The van der Waals surface area contributed by atoms with E-state index in [4.69, 9.17) is 0 Å². The van der Waals surface area contributed by atoms with Gasteiger partial charge in [0.1, 0.15) is 0 Å². The smallest absolute Gasteiger partial charge is 0.0594 e. The lowest BCUT2D eigenvalue weighted by molar-refractivity contribution is -0.203. The van der Waals surface area contributed by atoms with Gasteiger partial charge in [0.15, 0.2) is 0 Å². The van der Waals surface area contributed by atoms with E-state index in [2.05, 4.69) is 61.5 Å². The van der Waals surface area contributed by atoms with Gasteiger partial charge in [-0.05, 0) is 114 Å². The molecule has 0 spiro atoms. The molecule has 0 unspecified atom stereocenters. The van der Waals surface area contributed by atoms with Crippen LogP contribution in [0.2, 0.25) is 0 Å². The molecule has 0 aliphatic heterocycles. The molecule has 5 aliphatic carbocycles. The van der Waals surface area contributed by atoms with E-state index in [-0.39, 0.29) is 11.5 Å². The van der Waals surface area contributed by atoms with Crippen LogP contribution in [0.15, 0.2) is 11.6 Å². The van der Waals surface area contributed by atoms with Crippen LogP contribution >= 0.6 is 0 Å². The maximum absolute atomic E-state index is 10.9. The number of aliphatic hydroxyl groups excluding tert-OH is 1. The minimum absolute atomic E-state index is 0.0533. The van der Waals surface area contributed by atoms with Gasteiger partial charge in [-0.2, -0.15) is 0 Å². The van der Waals surface area contributed by atoms with Crippen molar-refractivity contribution in [2.45, 2.75) is 119 Å². The van der Waals surface area contributed by atoms with E-state index in [0.717, 1.165) is 30.1 Å². The molecule has 0 amide bonds. The number of fused-ring (bicyclic) bond motifs is 7. The van der Waals surface area contributed by atoms with E-state index in [1.165, 1.54) is 51.4 Å². The molecule has 1 nitrogen and oxygen atoms in total. The molecule has 0 bridgehead atoms. The first-order valence-corrected chi connectivity index (χ1v) is 13.7. The number of allylic oxidation sites excluding steroid dienone is 2. The Labute approximate surface area is 192 Å². The quantitative estimate of drug-likeness (QED) is 0.389.